The molecule has 1 aliphatic rings. The van der Waals surface area contributed by atoms with E-state index in [9.17, 15) is 4.79 Å². The lowest BCUT2D eigenvalue weighted by atomic mass is 10.1. The summed E-state index contributed by atoms with van der Waals surface area (Å²) < 4.78 is 1.72. The second kappa shape index (κ2) is 9.67. The van der Waals surface area contributed by atoms with Crippen LogP contribution in [0.15, 0.2) is 79.1 Å². The van der Waals surface area contributed by atoms with Gasteiger partial charge in [0.15, 0.2) is 0 Å². The van der Waals surface area contributed by atoms with Crippen LogP contribution in [0.2, 0.25) is 5.02 Å². The van der Waals surface area contributed by atoms with Gasteiger partial charge in [0.1, 0.15) is 11.5 Å². The Bertz CT molecular complexity index is 1260. The number of anilines is 2. The Morgan fingerprint density at radius 3 is 2.35 bits per heavy atom. The number of amides is 1. The highest BCUT2D eigenvalue weighted by Gasteiger charge is 2.20. The van der Waals surface area contributed by atoms with Gasteiger partial charge in [-0.1, -0.05) is 41.9 Å². The predicted octanol–water partition coefficient (Wildman–Crippen LogP) is 4.59. The van der Waals surface area contributed by atoms with Crippen molar-refractivity contribution in [3.63, 3.8) is 0 Å². The van der Waals surface area contributed by atoms with E-state index >= 15 is 0 Å². The summed E-state index contributed by atoms with van der Waals surface area (Å²) in [5, 5.41) is 8.31. The van der Waals surface area contributed by atoms with Gasteiger partial charge in [-0.05, 0) is 43.4 Å². The largest absolute Gasteiger partial charge is 0.354 e. The fourth-order valence-corrected chi connectivity index (χ4v) is 4.08. The Morgan fingerprint density at radius 2 is 1.68 bits per heavy atom. The Labute approximate surface area is 203 Å². The maximum atomic E-state index is 13.3. The van der Waals surface area contributed by atoms with Crippen molar-refractivity contribution in [2.75, 3.05) is 43.4 Å². The van der Waals surface area contributed by atoms with Gasteiger partial charge in [0.25, 0.3) is 5.91 Å². The summed E-state index contributed by atoms with van der Waals surface area (Å²) in [7, 11) is 2.13. The molecule has 0 unspecified atom stereocenters. The number of carbonyl (C=O) groups excluding carboxylic acids is 1. The number of hydrogen-bond acceptors (Lipinski definition) is 5. The topological polar surface area (TPSA) is 66.3 Å². The minimum absolute atomic E-state index is 0.249. The predicted molar refractivity (Wildman–Crippen MR) is 136 cm³/mol. The number of para-hydroxylation sites is 1. The molecule has 0 radical (unpaired) electrons. The first kappa shape index (κ1) is 22.1. The van der Waals surface area contributed by atoms with Crippen LogP contribution in [-0.4, -0.2) is 58.8 Å². The Kier molecular flexibility index (Phi) is 6.29. The zero-order chi connectivity index (χ0) is 23.5. The summed E-state index contributed by atoms with van der Waals surface area (Å²) >= 11 is 6.07. The van der Waals surface area contributed by atoms with Gasteiger partial charge in [0, 0.05) is 43.0 Å². The first-order chi connectivity index (χ1) is 16.6. The number of rotatable bonds is 5. The van der Waals surface area contributed by atoms with E-state index in [4.69, 9.17) is 16.7 Å². The summed E-state index contributed by atoms with van der Waals surface area (Å²) in [6, 6.07) is 20.9. The van der Waals surface area contributed by atoms with Crippen LogP contribution in [0, 0.1) is 0 Å². The van der Waals surface area contributed by atoms with Gasteiger partial charge >= 0.3 is 0 Å². The van der Waals surface area contributed by atoms with Crippen LogP contribution in [0.4, 0.5) is 11.5 Å². The van der Waals surface area contributed by atoms with E-state index in [1.54, 1.807) is 29.2 Å². The number of likely N-dealkylation sites (N-methyl/N-ethyl adjacent to an activating group) is 1. The fourth-order valence-electron chi connectivity index (χ4n) is 3.96. The van der Waals surface area contributed by atoms with E-state index in [1.807, 2.05) is 54.6 Å². The fraction of sp³-hybridized carbons (Fsp3) is 0.192. The molecule has 0 bridgehead atoms. The summed E-state index contributed by atoms with van der Waals surface area (Å²) in [5.74, 6) is 0.672. The van der Waals surface area contributed by atoms with Gasteiger partial charge in [-0.25, -0.2) is 9.67 Å². The highest BCUT2D eigenvalue weighted by atomic mass is 35.5. The van der Waals surface area contributed by atoms with Crippen LogP contribution in [0.5, 0.6) is 0 Å². The van der Waals surface area contributed by atoms with Crippen molar-refractivity contribution in [1.29, 1.82) is 0 Å². The van der Waals surface area contributed by atoms with Gasteiger partial charge < -0.3 is 15.1 Å². The molecule has 8 heteroatoms. The van der Waals surface area contributed by atoms with Gasteiger partial charge in [0.05, 0.1) is 23.1 Å². The van der Waals surface area contributed by atoms with Crippen molar-refractivity contribution in [3.05, 3.63) is 89.7 Å². The summed E-state index contributed by atoms with van der Waals surface area (Å²) in [6.45, 7) is 3.91. The third kappa shape index (κ3) is 4.81. The molecule has 34 heavy (non-hydrogen) atoms. The number of halogens is 1. The number of carbonyl (C=O) groups is 1. The van der Waals surface area contributed by atoms with Gasteiger partial charge in [-0.3, -0.25) is 4.79 Å². The molecule has 0 saturated carbocycles. The molecule has 7 nitrogen and oxygen atoms in total. The van der Waals surface area contributed by atoms with E-state index in [1.165, 1.54) is 0 Å². The second-order valence-corrected chi connectivity index (χ2v) is 8.76. The monoisotopic (exact) mass is 472 g/mol. The van der Waals surface area contributed by atoms with Gasteiger partial charge in [-0.2, -0.15) is 5.10 Å². The zero-order valence-electron chi connectivity index (χ0n) is 18.9. The van der Waals surface area contributed by atoms with E-state index in [0.29, 0.717) is 22.0 Å². The first-order valence-electron chi connectivity index (χ1n) is 11.2. The van der Waals surface area contributed by atoms with Crippen LogP contribution >= 0.6 is 11.6 Å². The van der Waals surface area contributed by atoms with Crippen LogP contribution < -0.4 is 10.2 Å². The lowest BCUT2D eigenvalue weighted by molar-refractivity contribution is 0.102. The minimum atomic E-state index is -0.249. The number of pyridine rings is 1. The summed E-state index contributed by atoms with van der Waals surface area (Å²) in [6.07, 6.45) is 3.45. The normalized spacial score (nSPS) is 14.2. The molecule has 0 spiro atoms. The smallest absolute Gasteiger partial charge is 0.259 e. The molecule has 1 N–H and O–H groups in total. The SMILES string of the molecule is CN1CCN(c2ccc(NC(=O)c3cn(-c4ccccc4)nc3-c3ccc(Cl)cc3)cn2)CC1. The average molecular weight is 473 g/mol. The molecular formula is C26H25ClN6O. The Hall–Kier alpha value is -3.68. The van der Waals surface area contributed by atoms with Crippen LogP contribution in [-0.2, 0) is 0 Å². The van der Waals surface area contributed by atoms with Gasteiger partial charge in [-0.15, -0.1) is 0 Å². The number of nitrogens with one attached hydrogen (secondary N) is 1. The Balaban J connectivity index is 1.40. The lowest BCUT2D eigenvalue weighted by Gasteiger charge is -2.33. The van der Waals surface area contributed by atoms with Crippen molar-refractivity contribution in [2.45, 2.75) is 0 Å². The molecule has 2 aromatic heterocycles. The van der Waals surface area contributed by atoms with Gasteiger partial charge in [0.2, 0.25) is 0 Å². The van der Waals surface area contributed by atoms with Crippen LogP contribution in [0.1, 0.15) is 10.4 Å². The third-order valence-electron chi connectivity index (χ3n) is 5.93. The maximum absolute atomic E-state index is 13.3. The van der Waals surface area contributed by atoms with Crippen LogP contribution in [0.25, 0.3) is 16.9 Å². The molecule has 2 aromatic carbocycles. The molecule has 1 fully saturated rings. The van der Waals surface area contributed by atoms with Crippen molar-refractivity contribution in [1.82, 2.24) is 19.7 Å². The lowest BCUT2D eigenvalue weighted by Crippen LogP contribution is -2.44. The molecule has 1 aliphatic heterocycles. The molecule has 1 amide bonds. The van der Waals surface area contributed by atoms with E-state index < -0.39 is 0 Å². The Morgan fingerprint density at radius 1 is 0.941 bits per heavy atom. The first-order valence-corrected chi connectivity index (χ1v) is 11.6. The number of aromatic nitrogens is 3. The molecule has 0 aliphatic carbocycles. The summed E-state index contributed by atoms with van der Waals surface area (Å²) in [5.41, 5.74) is 3.37. The van der Waals surface area contributed by atoms with E-state index in [2.05, 4.69) is 27.1 Å². The quantitative estimate of drug-likeness (QED) is 0.460. The van der Waals surface area contributed by atoms with E-state index in [-0.39, 0.29) is 5.91 Å². The number of piperazine rings is 1. The second-order valence-electron chi connectivity index (χ2n) is 8.33. The number of nitrogens with zero attached hydrogens (tertiary/aromatic N) is 5. The molecule has 4 aromatic rings. The molecule has 5 rings (SSSR count). The van der Waals surface area contributed by atoms with Crippen molar-refractivity contribution < 1.29 is 4.79 Å². The standard InChI is InChI=1S/C26H25ClN6O/c1-31-13-15-32(16-14-31)24-12-11-21(17-28-24)29-26(34)23-18-33(22-5-3-2-4-6-22)30-25(23)19-7-9-20(27)10-8-19/h2-12,17-18H,13-16H2,1H3,(H,29,34). The highest BCUT2D eigenvalue weighted by Crippen LogP contribution is 2.26. The number of benzene rings is 2. The maximum Gasteiger partial charge on any atom is 0.259 e. The third-order valence-corrected chi connectivity index (χ3v) is 6.18. The average Bonchev–Trinajstić information content (AvgIpc) is 3.32. The molecular weight excluding hydrogens is 448 g/mol. The summed E-state index contributed by atoms with van der Waals surface area (Å²) in [4.78, 5) is 22.4. The highest BCUT2D eigenvalue weighted by molar-refractivity contribution is 6.30. The van der Waals surface area contributed by atoms with Crippen molar-refractivity contribution >= 4 is 29.0 Å². The molecule has 3 heterocycles. The molecule has 172 valence electrons. The molecule has 0 atom stereocenters. The van der Waals surface area contributed by atoms with Crippen molar-refractivity contribution in [2.24, 2.45) is 0 Å². The molecule has 1 saturated heterocycles. The van der Waals surface area contributed by atoms with E-state index in [0.717, 1.165) is 43.2 Å². The van der Waals surface area contributed by atoms with Crippen molar-refractivity contribution in [3.8, 4) is 16.9 Å². The van der Waals surface area contributed by atoms with Crippen LogP contribution in [0.3, 0.4) is 0 Å². The minimum Gasteiger partial charge on any atom is -0.354 e. The number of hydrogen-bond donors (Lipinski definition) is 1. The zero-order valence-corrected chi connectivity index (χ0v) is 19.6.